The molecule has 0 unspecified atom stereocenters. The van der Waals surface area contributed by atoms with Gasteiger partial charge in [0.25, 0.3) is 5.91 Å². The van der Waals surface area contributed by atoms with E-state index in [1.807, 2.05) is 12.1 Å². The highest BCUT2D eigenvalue weighted by Gasteiger charge is 2.32. The van der Waals surface area contributed by atoms with Gasteiger partial charge in [-0.15, -0.1) is 0 Å². The van der Waals surface area contributed by atoms with E-state index < -0.39 is 15.9 Å². The lowest BCUT2D eigenvalue weighted by atomic mass is 10.0. The Morgan fingerprint density at radius 1 is 1.00 bits per heavy atom. The number of morpholine rings is 1. The molecule has 4 aromatic rings. The van der Waals surface area contributed by atoms with Crippen molar-refractivity contribution in [2.45, 2.75) is 18.2 Å². The molecule has 232 valence electrons. The van der Waals surface area contributed by atoms with Gasteiger partial charge in [0, 0.05) is 55.9 Å². The smallest absolute Gasteiger partial charge is 0.330 e. The van der Waals surface area contributed by atoms with Crippen LogP contribution < -0.4 is 15.1 Å². The van der Waals surface area contributed by atoms with Crippen LogP contribution in [0.1, 0.15) is 21.5 Å². The van der Waals surface area contributed by atoms with E-state index in [9.17, 15) is 18.0 Å². The summed E-state index contributed by atoms with van der Waals surface area (Å²) >= 11 is 6.50. The number of urea groups is 1. The number of aromatic nitrogens is 2. The average Bonchev–Trinajstić information content (AvgIpc) is 3.04. The van der Waals surface area contributed by atoms with Crippen LogP contribution >= 0.6 is 11.6 Å². The summed E-state index contributed by atoms with van der Waals surface area (Å²) in [5.74, 6) is -0.107. The molecule has 0 aliphatic carbocycles. The standard InChI is InChI=1S/C32H31ClN6O5S/c1-37-29-25(18-34-31(36-29)45(2,42)43)20-39(32(37)41)28-17-26(11-12-27(28)33)35-30(40)24-9-7-23(8-10-24)22-5-3-21(4-6-22)19-38-13-15-44-16-14-38/h3-12,17-18H,13-16,19-20H2,1-2H3,(H,35,40). The molecule has 0 radical (unpaired) electrons. The molecule has 3 heterocycles. The Morgan fingerprint density at radius 3 is 2.33 bits per heavy atom. The molecule has 11 nitrogen and oxygen atoms in total. The number of ether oxygens (including phenoxy) is 1. The van der Waals surface area contributed by atoms with Crippen LogP contribution in [0.2, 0.25) is 5.02 Å². The Labute approximate surface area is 266 Å². The Balaban J connectivity index is 1.14. The number of sulfone groups is 1. The quantitative estimate of drug-likeness (QED) is 0.282. The van der Waals surface area contributed by atoms with Gasteiger partial charge >= 0.3 is 6.03 Å². The molecule has 2 aliphatic rings. The molecule has 1 aromatic heterocycles. The Bertz CT molecular complexity index is 1860. The summed E-state index contributed by atoms with van der Waals surface area (Å²) in [5, 5.41) is 2.83. The number of halogens is 1. The van der Waals surface area contributed by atoms with Gasteiger partial charge in [0.15, 0.2) is 0 Å². The van der Waals surface area contributed by atoms with E-state index in [-0.39, 0.29) is 23.4 Å². The molecule has 0 atom stereocenters. The summed E-state index contributed by atoms with van der Waals surface area (Å²) in [5.41, 5.74) is 5.14. The average molecular weight is 647 g/mol. The number of anilines is 3. The molecule has 45 heavy (non-hydrogen) atoms. The van der Waals surface area contributed by atoms with Gasteiger partial charge in [-0.3, -0.25) is 19.5 Å². The molecule has 0 bridgehead atoms. The molecule has 1 saturated heterocycles. The SMILES string of the molecule is CN1C(=O)N(c2cc(NC(=O)c3ccc(-c4ccc(CN5CCOCC5)cc4)cc3)ccc2Cl)Cc2cnc(S(C)(=O)=O)nc21. The maximum absolute atomic E-state index is 13.3. The number of hydrogen-bond donors (Lipinski definition) is 1. The molecule has 6 rings (SSSR count). The van der Waals surface area contributed by atoms with Crippen molar-refractivity contribution in [2.24, 2.45) is 0 Å². The maximum atomic E-state index is 13.3. The second kappa shape index (κ2) is 12.6. The molecule has 1 fully saturated rings. The third kappa shape index (κ3) is 6.69. The van der Waals surface area contributed by atoms with Crippen LogP contribution in [0.3, 0.4) is 0 Å². The maximum Gasteiger partial charge on any atom is 0.330 e. The summed E-state index contributed by atoms with van der Waals surface area (Å²) in [7, 11) is -2.16. The predicted molar refractivity (Wildman–Crippen MR) is 173 cm³/mol. The Kier molecular flexibility index (Phi) is 8.56. The van der Waals surface area contributed by atoms with Crippen LogP contribution in [0.4, 0.5) is 22.0 Å². The van der Waals surface area contributed by atoms with E-state index in [1.165, 1.54) is 28.6 Å². The molecule has 13 heteroatoms. The number of nitrogens with zero attached hydrogens (tertiary/aromatic N) is 5. The Hall–Kier alpha value is -4.36. The zero-order valence-electron chi connectivity index (χ0n) is 24.7. The largest absolute Gasteiger partial charge is 0.379 e. The number of amides is 3. The minimum absolute atomic E-state index is 0.0648. The number of rotatable bonds is 7. The lowest BCUT2D eigenvalue weighted by Gasteiger charge is -2.34. The summed E-state index contributed by atoms with van der Waals surface area (Å²) in [6, 6.07) is 20.2. The summed E-state index contributed by atoms with van der Waals surface area (Å²) in [6.07, 6.45) is 2.39. The fourth-order valence-electron chi connectivity index (χ4n) is 5.30. The van der Waals surface area contributed by atoms with Crippen LogP contribution in [-0.2, 0) is 27.7 Å². The summed E-state index contributed by atoms with van der Waals surface area (Å²) in [6.45, 7) is 4.39. The van der Waals surface area contributed by atoms with E-state index in [0.717, 1.165) is 50.2 Å². The van der Waals surface area contributed by atoms with Crippen molar-refractivity contribution < 1.29 is 22.7 Å². The van der Waals surface area contributed by atoms with Crippen LogP contribution in [0, 0.1) is 0 Å². The highest BCUT2D eigenvalue weighted by molar-refractivity contribution is 7.90. The van der Waals surface area contributed by atoms with Crippen LogP contribution in [0.15, 0.2) is 78.1 Å². The molecule has 3 amide bonds. The zero-order valence-corrected chi connectivity index (χ0v) is 26.3. The van der Waals surface area contributed by atoms with Crippen molar-refractivity contribution in [3.63, 3.8) is 0 Å². The van der Waals surface area contributed by atoms with Crippen molar-refractivity contribution >= 4 is 50.6 Å². The topological polar surface area (TPSA) is 125 Å². The highest BCUT2D eigenvalue weighted by Crippen LogP contribution is 2.35. The first-order valence-corrected chi connectivity index (χ1v) is 16.6. The van der Waals surface area contributed by atoms with E-state index in [4.69, 9.17) is 16.3 Å². The number of hydrogen-bond acceptors (Lipinski definition) is 8. The molecular weight excluding hydrogens is 616 g/mol. The normalized spacial score (nSPS) is 15.6. The van der Waals surface area contributed by atoms with E-state index in [1.54, 1.807) is 30.3 Å². The van der Waals surface area contributed by atoms with Crippen LogP contribution in [0.25, 0.3) is 11.1 Å². The van der Waals surface area contributed by atoms with Crippen LogP contribution in [0.5, 0.6) is 0 Å². The number of benzene rings is 3. The second-order valence-corrected chi connectivity index (χ2v) is 13.3. The van der Waals surface area contributed by atoms with Gasteiger partial charge in [-0.25, -0.2) is 23.2 Å². The van der Waals surface area contributed by atoms with Gasteiger partial charge in [0.1, 0.15) is 5.82 Å². The minimum atomic E-state index is -3.65. The molecule has 0 spiro atoms. The van der Waals surface area contributed by atoms with E-state index in [0.29, 0.717) is 27.5 Å². The van der Waals surface area contributed by atoms with Gasteiger partial charge in [0.05, 0.1) is 30.5 Å². The molecule has 0 saturated carbocycles. The van der Waals surface area contributed by atoms with Gasteiger partial charge in [-0.1, -0.05) is 48.0 Å². The van der Waals surface area contributed by atoms with Crippen LogP contribution in [-0.4, -0.2) is 74.8 Å². The van der Waals surface area contributed by atoms with Gasteiger partial charge in [0.2, 0.25) is 15.0 Å². The molecule has 2 aliphatic heterocycles. The number of carbonyl (C=O) groups is 2. The van der Waals surface area contributed by atoms with Crippen molar-refractivity contribution in [3.05, 3.63) is 94.6 Å². The van der Waals surface area contributed by atoms with Crippen molar-refractivity contribution in [1.82, 2.24) is 14.9 Å². The highest BCUT2D eigenvalue weighted by atomic mass is 35.5. The van der Waals surface area contributed by atoms with Gasteiger partial charge in [-0.2, -0.15) is 0 Å². The monoisotopic (exact) mass is 646 g/mol. The first-order chi connectivity index (χ1) is 21.6. The molecule has 3 aromatic carbocycles. The third-order valence-electron chi connectivity index (χ3n) is 7.75. The Morgan fingerprint density at radius 2 is 1.67 bits per heavy atom. The number of fused-ring (bicyclic) bond motifs is 1. The number of carbonyl (C=O) groups excluding carboxylic acids is 2. The van der Waals surface area contributed by atoms with Crippen molar-refractivity contribution in [1.29, 1.82) is 0 Å². The van der Waals surface area contributed by atoms with Crippen molar-refractivity contribution in [2.75, 3.05) is 54.7 Å². The first-order valence-electron chi connectivity index (χ1n) is 14.3. The fraction of sp³-hybridized carbons (Fsp3) is 0.250. The zero-order chi connectivity index (χ0) is 31.7. The summed E-state index contributed by atoms with van der Waals surface area (Å²) in [4.78, 5) is 39.5. The van der Waals surface area contributed by atoms with Gasteiger partial charge < -0.3 is 10.1 Å². The predicted octanol–water partition coefficient (Wildman–Crippen LogP) is 4.86. The molecule has 1 N–H and O–H groups in total. The first kappa shape index (κ1) is 30.7. The minimum Gasteiger partial charge on any atom is -0.379 e. The lowest BCUT2D eigenvalue weighted by molar-refractivity contribution is 0.0342. The lowest BCUT2D eigenvalue weighted by Crippen LogP contribution is -2.46. The van der Waals surface area contributed by atoms with Gasteiger partial charge in [-0.05, 0) is 47.0 Å². The molecular formula is C32H31ClN6O5S. The summed E-state index contributed by atoms with van der Waals surface area (Å²) < 4.78 is 29.3. The van der Waals surface area contributed by atoms with Crippen molar-refractivity contribution in [3.8, 4) is 11.1 Å². The van der Waals surface area contributed by atoms with E-state index in [2.05, 4.69) is 44.5 Å². The number of nitrogens with one attached hydrogen (secondary N) is 1. The fourth-order valence-corrected chi connectivity index (χ4v) is 6.01. The second-order valence-electron chi connectivity index (χ2n) is 11.0. The third-order valence-corrected chi connectivity index (χ3v) is 8.93. The van der Waals surface area contributed by atoms with E-state index >= 15 is 0 Å².